The van der Waals surface area contributed by atoms with Gasteiger partial charge in [0.05, 0.1) is 11.6 Å². The minimum absolute atomic E-state index is 0.391. The minimum atomic E-state index is 0.391. The molecule has 0 N–H and O–H groups in total. The van der Waals surface area contributed by atoms with Crippen LogP contribution in [0.5, 0.6) is 5.75 Å². The highest BCUT2D eigenvalue weighted by Gasteiger charge is 2.04. The maximum atomic E-state index is 10.3. The predicted molar refractivity (Wildman–Crippen MR) is 50.5 cm³/mol. The van der Waals surface area contributed by atoms with Crippen molar-refractivity contribution < 1.29 is 9.53 Å². The zero-order chi connectivity index (χ0) is 8.97. The largest absolute Gasteiger partial charge is 0.495 e. The molecule has 0 saturated carbocycles. The van der Waals surface area contributed by atoms with Gasteiger partial charge in [-0.1, -0.05) is 12.1 Å². The van der Waals surface area contributed by atoms with Crippen LogP contribution >= 0.6 is 15.9 Å². The highest BCUT2D eigenvalue weighted by Crippen LogP contribution is 2.28. The van der Waals surface area contributed by atoms with E-state index >= 15 is 0 Å². The molecule has 0 aliphatic carbocycles. The van der Waals surface area contributed by atoms with Gasteiger partial charge in [0.25, 0.3) is 0 Å². The van der Waals surface area contributed by atoms with Crippen LogP contribution in [0.4, 0.5) is 0 Å². The third-order valence-electron chi connectivity index (χ3n) is 1.56. The number of methoxy groups -OCH3 is 1. The van der Waals surface area contributed by atoms with E-state index in [1.807, 2.05) is 18.2 Å². The zero-order valence-electron chi connectivity index (χ0n) is 6.71. The molecule has 0 spiro atoms. The standard InChI is InChI=1S/C9H9BrO2/c1-12-9-7(5-6-11)3-2-4-8(9)10/h2-4,6H,5H2,1H3. The number of hydrogen-bond acceptors (Lipinski definition) is 2. The van der Waals surface area contributed by atoms with Crippen LogP contribution < -0.4 is 4.74 Å². The second-order valence-corrected chi connectivity index (χ2v) is 3.16. The Kier molecular flexibility index (Phi) is 3.29. The highest BCUT2D eigenvalue weighted by molar-refractivity contribution is 9.10. The summed E-state index contributed by atoms with van der Waals surface area (Å²) >= 11 is 3.34. The van der Waals surface area contributed by atoms with Crippen molar-refractivity contribution in [3.8, 4) is 5.75 Å². The first-order valence-electron chi connectivity index (χ1n) is 3.54. The van der Waals surface area contributed by atoms with Crippen LogP contribution in [0.1, 0.15) is 5.56 Å². The number of halogens is 1. The molecule has 0 atom stereocenters. The molecule has 3 heteroatoms. The van der Waals surface area contributed by atoms with Crippen LogP contribution in [0.2, 0.25) is 0 Å². The predicted octanol–water partition coefficient (Wildman–Crippen LogP) is 2.20. The fraction of sp³-hybridized carbons (Fsp3) is 0.222. The first kappa shape index (κ1) is 9.26. The quantitative estimate of drug-likeness (QED) is 0.742. The van der Waals surface area contributed by atoms with Gasteiger partial charge in [0.2, 0.25) is 0 Å². The van der Waals surface area contributed by atoms with Crippen molar-refractivity contribution in [2.75, 3.05) is 7.11 Å². The topological polar surface area (TPSA) is 26.3 Å². The summed E-state index contributed by atoms with van der Waals surface area (Å²) < 4.78 is 6.00. The van der Waals surface area contributed by atoms with Crippen LogP contribution in [0, 0.1) is 0 Å². The molecule has 1 aromatic carbocycles. The maximum Gasteiger partial charge on any atom is 0.136 e. The fourth-order valence-electron chi connectivity index (χ4n) is 1.03. The van der Waals surface area contributed by atoms with E-state index in [0.29, 0.717) is 6.42 Å². The van der Waals surface area contributed by atoms with Crippen LogP contribution in [-0.4, -0.2) is 13.4 Å². The Morgan fingerprint density at radius 3 is 2.92 bits per heavy atom. The van der Waals surface area contributed by atoms with Gasteiger partial charge in [-0.3, -0.25) is 0 Å². The number of para-hydroxylation sites is 1. The van der Waals surface area contributed by atoms with Gasteiger partial charge >= 0.3 is 0 Å². The van der Waals surface area contributed by atoms with E-state index in [1.165, 1.54) is 0 Å². The van der Waals surface area contributed by atoms with Crippen molar-refractivity contribution in [1.29, 1.82) is 0 Å². The molecule has 0 heterocycles. The summed E-state index contributed by atoms with van der Waals surface area (Å²) in [6, 6.07) is 5.64. The van der Waals surface area contributed by atoms with Crippen LogP contribution in [0.15, 0.2) is 22.7 Å². The lowest BCUT2D eigenvalue weighted by Gasteiger charge is -2.06. The van der Waals surface area contributed by atoms with Gasteiger partial charge in [-0.15, -0.1) is 0 Å². The van der Waals surface area contributed by atoms with E-state index in [9.17, 15) is 4.79 Å². The van der Waals surface area contributed by atoms with Crippen molar-refractivity contribution in [2.45, 2.75) is 6.42 Å². The second kappa shape index (κ2) is 4.26. The molecule has 0 amide bonds. The Hall–Kier alpha value is -0.830. The normalized spacial score (nSPS) is 9.50. The summed E-state index contributed by atoms with van der Waals surface area (Å²) in [6.07, 6.45) is 1.26. The molecule has 1 aromatic rings. The Morgan fingerprint density at radius 2 is 2.33 bits per heavy atom. The SMILES string of the molecule is COc1c(Br)cccc1CC=O. The molecular formula is C9H9BrO2. The van der Waals surface area contributed by atoms with Crippen molar-refractivity contribution >= 4 is 22.2 Å². The van der Waals surface area contributed by atoms with Gasteiger partial charge in [-0.05, 0) is 22.0 Å². The van der Waals surface area contributed by atoms with Gasteiger partial charge < -0.3 is 9.53 Å². The summed E-state index contributed by atoms with van der Waals surface area (Å²) in [6.45, 7) is 0. The smallest absolute Gasteiger partial charge is 0.136 e. The number of benzene rings is 1. The summed E-state index contributed by atoms with van der Waals surface area (Å²) in [4.78, 5) is 10.3. The molecule has 0 bridgehead atoms. The average Bonchev–Trinajstić information content (AvgIpc) is 2.05. The first-order chi connectivity index (χ1) is 5.79. The lowest BCUT2D eigenvalue weighted by atomic mass is 10.1. The summed E-state index contributed by atoms with van der Waals surface area (Å²) in [5.74, 6) is 0.740. The monoisotopic (exact) mass is 228 g/mol. The van der Waals surface area contributed by atoms with Gasteiger partial charge in [0.15, 0.2) is 0 Å². The molecule has 0 aliphatic rings. The molecule has 0 fully saturated rings. The van der Waals surface area contributed by atoms with E-state index in [1.54, 1.807) is 7.11 Å². The van der Waals surface area contributed by atoms with Gasteiger partial charge in [0.1, 0.15) is 12.0 Å². The zero-order valence-corrected chi connectivity index (χ0v) is 8.30. The number of hydrogen-bond donors (Lipinski definition) is 0. The van der Waals surface area contributed by atoms with E-state index < -0.39 is 0 Å². The van der Waals surface area contributed by atoms with Gasteiger partial charge in [-0.25, -0.2) is 0 Å². The fourth-order valence-corrected chi connectivity index (χ4v) is 1.60. The maximum absolute atomic E-state index is 10.3. The van der Waals surface area contributed by atoms with Crippen molar-refractivity contribution in [2.24, 2.45) is 0 Å². The lowest BCUT2D eigenvalue weighted by Crippen LogP contribution is -1.93. The number of aldehydes is 1. The van der Waals surface area contributed by atoms with Crippen molar-refractivity contribution in [1.82, 2.24) is 0 Å². The molecule has 0 radical (unpaired) electrons. The van der Waals surface area contributed by atoms with E-state index in [2.05, 4.69) is 15.9 Å². The van der Waals surface area contributed by atoms with Crippen molar-refractivity contribution in [3.05, 3.63) is 28.2 Å². The van der Waals surface area contributed by atoms with Crippen LogP contribution in [-0.2, 0) is 11.2 Å². The van der Waals surface area contributed by atoms with Gasteiger partial charge in [0, 0.05) is 12.0 Å². The van der Waals surface area contributed by atoms with E-state index in [0.717, 1.165) is 22.1 Å². The van der Waals surface area contributed by atoms with Crippen LogP contribution in [0.3, 0.4) is 0 Å². The van der Waals surface area contributed by atoms with Gasteiger partial charge in [-0.2, -0.15) is 0 Å². The Labute approximate surface area is 79.7 Å². The molecule has 2 nitrogen and oxygen atoms in total. The summed E-state index contributed by atoms with van der Waals surface area (Å²) in [5, 5.41) is 0. The minimum Gasteiger partial charge on any atom is -0.495 e. The second-order valence-electron chi connectivity index (χ2n) is 2.30. The molecule has 64 valence electrons. The third-order valence-corrected chi connectivity index (χ3v) is 2.18. The molecular weight excluding hydrogens is 220 g/mol. The average molecular weight is 229 g/mol. The van der Waals surface area contributed by atoms with E-state index in [-0.39, 0.29) is 0 Å². The third kappa shape index (κ3) is 1.85. The number of rotatable bonds is 3. The Balaban J connectivity index is 3.08. The van der Waals surface area contributed by atoms with Crippen LogP contribution in [0.25, 0.3) is 0 Å². The molecule has 1 rings (SSSR count). The Bertz CT molecular complexity index is 284. The molecule has 0 unspecified atom stereocenters. The van der Waals surface area contributed by atoms with Crippen molar-refractivity contribution in [3.63, 3.8) is 0 Å². The summed E-state index contributed by atoms with van der Waals surface area (Å²) in [5.41, 5.74) is 0.905. The molecule has 12 heavy (non-hydrogen) atoms. The lowest BCUT2D eigenvalue weighted by molar-refractivity contribution is -0.107. The van der Waals surface area contributed by atoms with E-state index in [4.69, 9.17) is 4.74 Å². The molecule has 0 saturated heterocycles. The number of ether oxygens (including phenoxy) is 1. The number of carbonyl (C=O) groups is 1. The Morgan fingerprint density at radius 1 is 1.58 bits per heavy atom. The highest BCUT2D eigenvalue weighted by atomic mass is 79.9. The molecule has 0 aliphatic heterocycles. The summed E-state index contributed by atoms with van der Waals surface area (Å²) in [7, 11) is 1.59. The first-order valence-corrected chi connectivity index (χ1v) is 4.34. The molecule has 0 aromatic heterocycles. The number of carbonyl (C=O) groups excluding carboxylic acids is 1.